The molecule has 2 unspecified atom stereocenters. The first-order valence-corrected chi connectivity index (χ1v) is 5.71. The van der Waals surface area contributed by atoms with Crippen LogP contribution in [0.5, 0.6) is 0 Å². The Bertz CT molecular complexity index is 440. The smallest absolute Gasteiger partial charge is 0.176 e. The minimum atomic E-state index is -0.844. The van der Waals surface area contributed by atoms with Crippen molar-refractivity contribution in [3.63, 3.8) is 0 Å². The minimum Gasteiger partial charge on any atom is -0.327 e. The van der Waals surface area contributed by atoms with E-state index in [1.54, 1.807) is 6.92 Å². The second kappa shape index (κ2) is 4.18. The molecule has 0 saturated heterocycles. The van der Waals surface area contributed by atoms with Crippen LogP contribution in [-0.2, 0) is 0 Å². The molecule has 0 radical (unpaired) electrons. The predicted octanol–water partition coefficient (Wildman–Crippen LogP) is 2.67. The molecular weight excluding hydrogens is 224 g/mol. The van der Waals surface area contributed by atoms with Gasteiger partial charge < -0.3 is 5.73 Å². The summed E-state index contributed by atoms with van der Waals surface area (Å²) in [6, 6.07) is 3.12. The Kier molecular flexibility index (Phi) is 3.00. The van der Waals surface area contributed by atoms with Gasteiger partial charge in [0.25, 0.3) is 0 Å². The van der Waals surface area contributed by atoms with E-state index in [-0.39, 0.29) is 6.04 Å². The summed E-state index contributed by atoms with van der Waals surface area (Å²) in [5.41, 5.74) is 4.59. The first-order valence-electron chi connectivity index (χ1n) is 5.71. The summed E-state index contributed by atoms with van der Waals surface area (Å²) in [5.74, 6) is -2.14. The molecule has 4 heteroatoms. The Morgan fingerprint density at radius 3 is 2.47 bits per heavy atom. The number of rotatable bonds is 2. The fourth-order valence-corrected chi connectivity index (χ4v) is 2.48. The molecule has 2 nitrogen and oxygen atoms in total. The Labute approximate surface area is 98.8 Å². The largest absolute Gasteiger partial charge is 0.327 e. The van der Waals surface area contributed by atoms with Crippen LogP contribution in [0.4, 0.5) is 8.78 Å². The zero-order valence-electron chi connectivity index (χ0n) is 9.67. The Balaban J connectivity index is 2.44. The molecule has 0 heterocycles. The maximum atomic E-state index is 13.5. The monoisotopic (exact) mass is 239 g/mol. The molecule has 1 aliphatic carbocycles. The molecule has 92 valence electrons. The van der Waals surface area contributed by atoms with Gasteiger partial charge in [-0.2, -0.15) is 0 Å². The van der Waals surface area contributed by atoms with Crippen LogP contribution >= 0.6 is 0 Å². The molecule has 0 spiro atoms. The van der Waals surface area contributed by atoms with Gasteiger partial charge in [-0.1, -0.05) is 19.4 Å². The van der Waals surface area contributed by atoms with E-state index in [0.29, 0.717) is 6.42 Å². The van der Waals surface area contributed by atoms with E-state index in [4.69, 9.17) is 5.73 Å². The van der Waals surface area contributed by atoms with Gasteiger partial charge in [-0.15, -0.1) is 0 Å². The van der Waals surface area contributed by atoms with Crippen molar-refractivity contribution in [2.45, 2.75) is 32.2 Å². The Morgan fingerprint density at radius 2 is 2.00 bits per heavy atom. The maximum Gasteiger partial charge on any atom is 0.176 e. The van der Waals surface area contributed by atoms with Crippen molar-refractivity contribution in [2.75, 3.05) is 0 Å². The maximum absolute atomic E-state index is 13.5. The van der Waals surface area contributed by atoms with Crippen LogP contribution in [0.25, 0.3) is 0 Å². The Hall–Kier alpha value is -1.29. The Morgan fingerprint density at radius 1 is 1.41 bits per heavy atom. The number of hydrogen-bond acceptors (Lipinski definition) is 2. The van der Waals surface area contributed by atoms with Crippen LogP contribution in [0.3, 0.4) is 0 Å². The summed E-state index contributed by atoms with van der Waals surface area (Å²) in [4.78, 5) is 12.3. The molecular formula is C13H15F2NO. The van der Waals surface area contributed by atoms with Crippen molar-refractivity contribution >= 4 is 5.78 Å². The van der Waals surface area contributed by atoms with E-state index < -0.39 is 28.4 Å². The van der Waals surface area contributed by atoms with Crippen LogP contribution in [0, 0.1) is 17.0 Å². The average Bonchev–Trinajstić information content (AvgIpc) is 2.60. The normalized spacial score (nSPS) is 28.4. The van der Waals surface area contributed by atoms with Gasteiger partial charge in [0.05, 0.1) is 5.56 Å². The molecule has 0 bridgehead atoms. The lowest BCUT2D eigenvalue weighted by molar-refractivity contribution is 0.0793. The third kappa shape index (κ3) is 1.86. The number of hydrogen-bond donors (Lipinski definition) is 1. The van der Waals surface area contributed by atoms with Gasteiger partial charge >= 0.3 is 0 Å². The quantitative estimate of drug-likeness (QED) is 0.806. The standard InChI is InChI=1S/C13H15F2NO/c1-13(7-3-6-10(13)16)12(17)11-8(14)4-2-5-9(11)15/h2,4-5,10H,3,6-7,16H2,1H3. The van der Waals surface area contributed by atoms with E-state index in [2.05, 4.69) is 0 Å². The van der Waals surface area contributed by atoms with Crippen molar-refractivity contribution in [3.05, 3.63) is 35.4 Å². The molecule has 1 saturated carbocycles. The fraction of sp³-hybridized carbons (Fsp3) is 0.462. The number of benzene rings is 1. The number of nitrogens with two attached hydrogens (primary N) is 1. The van der Waals surface area contributed by atoms with Gasteiger partial charge in [0.2, 0.25) is 0 Å². The van der Waals surface area contributed by atoms with Gasteiger partial charge in [-0.3, -0.25) is 4.79 Å². The zero-order chi connectivity index (χ0) is 12.6. The lowest BCUT2D eigenvalue weighted by atomic mass is 9.78. The van der Waals surface area contributed by atoms with Crippen molar-refractivity contribution in [2.24, 2.45) is 11.1 Å². The second-order valence-corrected chi connectivity index (χ2v) is 4.84. The van der Waals surface area contributed by atoms with Crippen LogP contribution in [0.15, 0.2) is 18.2 Å². The molecule has 1 aromatic rings. The number of ketones is 1. The molecule has 0 aliphatic heterocycles. The highest BCUT2D eigenvalue weighted by Gasteiger charge is 2.44. The third-order valence-corrected chi connectivity index (χ3v) is 3.74. The number of carbonyl (C=O) groups is 1. The number of Topliss-reactive ketones (excluding diaryl/α,β-unsaturated/α-hetero) is 1. The summed E-state index contributed by atoms with van der Waals surface area (Å²) >= 11 is 0. The lowest BCUT2D eigenvalue weighted by Crippen LogP contribution is -2.41. The molecule has 0 amide bonds. The van der Waals surface area contributed by atoms with Crippen molar-refractivity contribution in [3.8, 4) is 0 Å². The number of carbonyl (C=O) groups excluding carboxylic acids is 1. The summed E-state index contributed by atoms with van der Waals surface area (Å²) in [7, 11) is 0. The van der Waals surface area contributed by atoms with E-state index in [1.165, 1.54) is 6.07 Å². The molecule has 2 atom stereocenters. The highest BCUT2D eigenvalue weighted by atomic mass is 19.1. The summed E-state index contributed by atoms with van der Waals surface area (Å²) in [6.45, 7) is 1.69. The lowest BCUT2D eigenvalue weighted by Gasteiger charge is -2.27. The first-order chi connectivity index (χ1) is 7.97. The first kappa shape index (κ1) is 12.2. The van der Waals surface area contributed by atoms with Crippen molar-refractivity contribution in [1.29, 1.82) is 0 Å². The average molecular weight is 239 g/mol. The SMILES string of the molecule is CC1(C(=O)c2c(F)cccc2F)CCCC1N. The summed E-state index contributed by atoms with van der Waals surface area (Å²) in [5, 5.41) is 0. The van der Waals surface area contributed by atoms with Crippen molar-refractivity contribution in [1.82, 2.24) is 0 Å². The second-order valence-electron chi connectivity index (χ2n) is 4.84. The molecule has 1 aromatic carbocycles. The highest BCUT2D eigenvalue weighted by molar-refractivity contribution is 6.01. The molecule has 0 aromatic heterocycles. The van der Waals surface area contributed by atoms with Gasteiger partial charge in [-0.25, -0.2) is 8.78 Å². The number of halogens is 2. The van der Waals surface area contributed by atoms with E-state index >= 15 is 0 Å². The third-order valence-electron chi connectivity index (χ3n) is 3.74. The van der Waals surface area contributed by atoms with Crippen LogP contribution in [0.2, 0.25) is 0 Å². The van der Waals surface area contributed by atoms with Crippen molar-refractivity contribution < 1.29 is 13.6 Å². The molecule has 2 rings (SSSR count). The van der Waals surface area contributed by atoms with Gasteiger partial charge in [0, 0.05) is 11.5 Å². The zero-order valence-corrected chi connectivity index (χ0v) is 9.67. The summed E-state index contributed by atoms with van der Waals surface area (Å²) in [6.07, 6.45) is 2.12. The van der Waals surface area contributed by atoms with Crippen LogP contribution in [0.1, 0.15) is 36.5 Å². The fourth-order valence-electron chi connectivity index (χ4n) is 2.48. The molecule has 1 aliphatic rings. The van der Waals surface area contributed by atoms with Gasteiger partial charge in [0.1, 0.15) is 11.6 Å². The predicted molar refractivity (Wildman–Crippen MR) is 60.6 cm³/mol. The van der Waals surface area contributed by atoms with Crippen LogP contribution < -0.4 is 5.73 Å². The summed E-state index contributed by atoms with van der Waals surface area (Å²) < 4.78 is 27.1. The van der Waals surface area contributed by atoms with Crippen LogP contribution in [-0.4, -0.2) is 11.8 Å². The molecule has 17 heavy (non-hydrogen) atoms. The van der Waals surface area contributed by atoms with E-state index in [1.807, 2.05) is 0 Å². The molecule has 1 fully saturated rings. The van der Waals surface area contributed by atoms with Gasteiger partial charge in [0.15, 0.2) is 5.78 Å². The highest BCUT2D eigenvalue weighted by Crippen LogP contribution is 2.40. The van der Waals surface area contributed by atoms with E-state index in [0.717, 1.165) is 25.0 Å². The topological polar surface area (TPSA) is 43.1 Å². The minimum absolute atomic E-state index is 0.325. The molecule has 2 N–H and O–H groups in total. The van der Waals surface area contributed by atoms with E-state index in [9.17, 15) is 13.6 Å². The van der Waals surface area contributed by atoms with Gasteiger partial charge in [-0.05, 0) is 25.0 Å².